The van der Waals surface area contributed by atoms with Crippen LogP contribution in [0.2, 0.25) is 0 Å². The zero-order valence-corrected chi connectivity index (χ0v) is 16.6. The van der Waals surface area contributed by atoms with Crippen LogP contribution in [0.1, 0.15) is 25.7 Å². The lowest BCUT2D eigenvalue weighted by atomic mass is 10.1. The van der Waals surface area contributed by atoms with E-state index >= 15 is 0 Å². The van der Waals surface area contributed by atoms with Crippen molar-refractivity contribution >= 4 is 30.0 Å². The molecule has 3 heterocycles. The lowest BCUT2D eigenvalue weighted by Gasteiger charge is -2.28. The summed E-state index contributed by atoms with van der Waals surface area (Å²) in [7, 11) is 0. The summed E-state index contributed by atoms with van der Waals surface area (Å²) in [6, 6.07) is 4.80. The maximum atomic E-state index is 12.7. The molecule has 4 rings (SSSR count). The zero-order chi connectivity index (χ0) is 18.6. The van der Waals surface area contributed by atoms with Crippen LogP contribution >= 0.6 is 12.4 Å². The molecule has 3 N–H and O–H groups in total. The van der Waals surface area contributed by atoms with Crippen LogP contribution in [0.5, 0.6) is 11.5 Å². The second kappa shape index (κ2) is 9.34. The van der Waals surface area contributed by atoms with Gasteiger partial charge >= 0.3 is 6.03 Å². The van der Waals surface area contributed by atoms with Gasteiger partial charge in [0.15, 0.2) is 11.5 Å². The minimum Gasteiger partial charge on any atom is -0.486 e. The van der Waals surface area contributed by atoms with E-state index in [0.717, 1.165) is 32.4 Å². The van der Waals surface area contributed by atoms with Crippen LogP contribution in [-0.4, -0.2) is 61.8 Å². The molecule has 0 radical (unpaired) electrons. The van der Waals surface area contributed by atoms with Crippen LogP contribution in [0.4, 0.5) is 10.5 Å². The first-order valence-corrected chi connectivity index (χ1v) is 9.69. The van der Waals surface area contributed by atoms with Crippen molar-refractivity contribution in [3.63, 3.8) is 0 Å². The molecule has 2 atom stereocenters. The molecule has 154 valence electrons. The van der Waals surface area contributed by atoms with Gasteiger partial charge in [0.1, 0.15) is 19.3 Å². The Morgan fingerprint density at radius 3 is 2.71 bits per heavy atom. The van der Waals surface area contributed by atoms with Crippen LogP contribution in [-0.2, 0) is 4.79 Å². The lowest BCUT2D eigenvalue weighted by molar-refractivity contribution is -0.125. The Bertz CT molecular complexity index is 711. The van der Waals surface area contributed by atoms with Crippen molar-refractivity contribution in [3.8, 4) is 11.5 Å². The number of urea groups is 1. The van der Waals surface area contributed by atoms with Crippen LogP contribution in [0.3, 0.4) is 0 Å². The van der Waals surface area contributed by atoms with Gasteiger partial charge in [-0.1, -0.05) is 0 Å². The normalized spacial score (nSPS) is 23.5. The summed E-state index contributed by atoms with van der Waals surface area (Å²) in [6.45, 7) is 3.40. The highest BCUT2D eigenvalue weighted by Gasteiger charge is 2.35. The van der Waals surface area contributed by atoms with Gasteiger partial charge in [0.2, 0.25) is 5.91 Å². The SMILES string of the molecule is Cl.O=C(N[C@H]1CCCNC1)[C@@H]1CCCN1C(=O)Nc1ccc2c(c1)OCCO2. The van der Waals surface area contributed by atoms with E-state index in [-0.39, 0.29) is 30.4 Å². The van der Waals surface area contributed by atoms with Gasteiger partial charge in [-0.15, -0.1) is 12.4 Å². The largest absolute Gasteiger partial charge is 0.486 e. The highest BCUT2D eigenvalue weighted by Crippen LogP contribution is 2.33. The van der Waals surface area contributed by atoms with E-state index in [9.17, 15) is 9.59 Å². The average Bonchev–Trinajstić information content (AvgIpc) is 3.19. The minimum atomic E-state index is -0.413. The summed E-state index contributed by atoms with van der Waals surface area (Å²) in [6.07, 6.45) is 3.56. The molecule has 0 aliphatic carbocycles. The van der Waals surface area contributed by atoms with Crippen LogP contribution in [0.25, 0.3) is 0 Å². The minimum absolute atomic E-state index is 0. The highest BCUT2D eigenvalue weighted by molar-refractivity contribution is 5.94. The number of amides is 3. The Kier molecular flexibility index (Phi) is 6.85. The summed E-state index contributed by atoms with van der Waals surface area (Å²) in [5.41, 5.74) is 0.631. The molecule has 9 heteroatoms. The van der Waals surface area contributed by atoms with E-state index in [1.165, 1.54) is 0 Å². The van der Waals surface area contributed by atoms with Crippen molar-refractivity contribution in [2.24, 2.45) is 0 Å². The standard InChI is InChI=1S/C19H26N4O4.ClH/c24-18(21-14-3-1-7-20-12-14)15-4-2-8-23(15)19(25)22-13-5-6-16-17(11-13)27-10-9-26-16;/h5-6,11,14-15,20H,1-4,7-10,12H2,(H,21,24)(H,22,25);1H/t14-,15-;/m0./s1. The number of nitrogens with one attached hydrogen (secondary N) is 3. The Morgan fingerprint density at radius 2 is 1.93 bits per heavy atom. The topological polar surface area (TPSA) is 91.9 Å². The predicted octanol–water partition coefficient (Wildman–Crippen LogP) is 1.74. The molecule has 28 heavy (non-hydrogen) atoms. The first-order chi connectivity index (χ1) is 13.2. The number of likely N-dealkylation sites (tertiary alicyclic amines) is 1. The van der Waals surface area contributed by atoms with Gasteiger partial charge in [-0.2, -0.15) is 0 Å². The molecule has 8 nitrogen and oxygen atoms in total. The Balaban J connectivity index is 0.00000225. The van der Waals surface area contributed by atoms with Crippen molar-refractivity contribution in [2.75, 3.05) is 38.2 Å². The average molecular weight is 411 g/mol. The Hall–Kier alpha value is -2.19. The molecule has 2 saturated heterocycles. The monoisotopic (exact) mass is 410 g/mol. The number of carbonyl (C=O) groups excluding carboxylic acids is 2. The number of ether oxygens (including phenoxy) is 2. The van der Waals surface area contributed by atoms with Gasteiger partial charge in [-0.25, -0.2) is 4.79 Å². The maximum Gasteiger partial charge on any atom is 0.322 e. The van der Waals surface area contributed by atoms with Gasteiger partial charge in [-0.3, -0.25) is 4.79 Å². The molecule has 1 aromatic carbocycles. The van der Waals surface area contributed by atoms with Crippen molar-refractivity contribution in [1.29, 1.82) is 0 Å². The van der Waals surface area contributed by atoms with Crippen molar-refractivity contribution < 1.29 is 19.1 Å². The van der Waals surface area contributed by atoms with Crippen molar-refractivity contribution in [1.82, 2.24) is 15.5 Å². The number of anilines is 1. The number of piperidine rings is 1. The summed E-state index contributed by atoms with van der Waals surface area (Å²) in [5, 5.41) is 9.26. The number of carbonyl (C=O) groups is 2. The first-order valence-electron chi connectivity index (χ1n) is 9.69. The third kappa shape index (κ3) is 4.62. The van der Waals surface area contributed by atoms with E-state index < -0.39 is 6.04 Å². The number of fused-ring (bicyclic) bond motifs is 1. The number of halogens is 1. The van der Waals surface area contributed by atoms with Gasteiger partial charge in [0, 0.05) is 30.9 Å². The van der Waals surface area contributed by atoms with Crippen molar-refractivity contribution in [3.05, 3.63) is 18.2 Å². The summed E-state index contributed by atoms with van der Waals surface area (Å²) in [5.74, 6) is 1.25. The third-order valence-electron chi connectivity index (χ3n) is 5.25. The van der Waals surface area contributed by atoms with E-state index in [4.69, 9.17) is 9.47 Å². The number of benzene rings is 1. The lowest BCUT2D eigenvalue weighted by Crippen LogP contribution is -2.53. The van der Waals surface area contributed by atoms with Gasteiger partial charge < -0.3 is 30.3 Å². The van der Waals surface area contributed by atoms with E-state index in [2.05, 4.69) is 16.0 Å². The molecule has 0 bridgehead atoms. The number of hydrogen-bond acceptors (Lipinski definition) is 5. The summed E-state index contributed by atoms with van der Waals surface area (Å²) < 4.78 is 11.1. The molecule has 3 aliphatic heterocycles. The summed E-state index contributed by atoms with van der Waals surface area (Å²) in [4.78, 5) is 27.0. The fourth-order valence-electron chi connectivity index (χ4n) is 3.87. The van der Waals surface area contributed by atoms with E-state index in [1.54, 1.807) is 23.1 Å². The second-order valence-electron chi connectivity index (χ2n) is 7.19. The quantitative estimate of drug-likeness (QED) is 0.706. The van der Waals surface area contributed by atoms with Gasteiger partial charge in [-0.05, 0) is 44.4 Å². The fourth-order valence-corrected chi connectivity index (χ4v) is 3.87. The number of nitrogens with zero attached hydrogens (tertiary/aromatic N) is 1. The highest BCUT2D eigenvalue weighted by atomic mass is 35.5. The van der Waals surface area contributed by atoms with Gasteiger partial charge in [0.05, 0.1) is 0 Å². The molecule has 0 saturated carbocycles. The summed E-state index contributed by atoms with van der Waals surface area (Å²) >= 11 is 0. The Labute approximate surface area is 170 Å². The predicted molar refractivity (Wildman–Crippen MR) is 107 cm³/mol. The smallest absolute Gasteiger partial charge is 0.322 e. The molecule has 0 spiro atoms. The Morgan fingerprint density at radius 1 is 1.11 bits per heavy atom. The van der Waals surface area contributed by atoms with Crippen LogP contribution < -0.4 is 25.4 Å². The van der Waals surface area contributed by atoms with Crippen LogP contribution in [0, 0.1) is 0 Å². The molecule has 0 aromatic heterocycles. The van der Waals surface area contributed by atoms with Crippen LogP contribution in [0.15, 0.2) is 18.2 Å². The molecule has 1 aromatic rings. The molecule has 0 unspecified atom stereocenters. The van der Waals surface area contributed by atoms with E-state index in [0.29, 0.717) is 43.4 Å². The third-order valence-corrected chi connectivity index (χ3v) is 5.25. The van der Waals surface area contributed by atoms with Gasteiger partial charge in [0.25, 0.3) is 0 Å². The maximum absolute atomic E-state index is 12.7. The molecule has 2 fully saturated rings. The zero-order valence-electron chi connectivity index (χ0n) is 15.7. The second-order valence-corrected chi connectivity index (χ2v) is 7.19. The first kappa shape index (κ1) is 20.5. The van der Waals surface area contributed by atoms with E-state index in [1.807, 2.05) is 0 Å². The number of hydrogen-bond donors (Lipinski definition) is 3. The molecule has 3 aliphatic rings. The molecule has 3 amide bonds. The number of rotatable bonds is 3. The fraction of sp³-hybridized carbons (Fsp3) is 0.579. The van der Waals surface area contributed by atoms with Crippen molar-refractivity contribution in [2.45, 2.75) is 37.8 Å². The molecular weight excluding hydrogens is 384 g/mol. The molecular formula is C19H27ClN4O4.